The van der Waals surface area contributed by atoms with Gasteiger partial charge < -0.3 is 5.11 Å². The summed E-state index contributed by atoms with van der Waals surface area (Å²) in [6, 6.07) is 6.26. The molecule has 6 heteroatoms. The molecule has 1 heterocycles. The van der Waals surface area contributed by atoms with Gasteiger partial charge in [0.2, 0.25) is 0 Å². The van der Waals surface area contributed by atoms with E-state index in [-0.39, 0.29) is 0 Å². The van der Waals surface area contributed by atoms with E-state index in [1.807, 2.05) is 0 Å². The topological polar surface area (TPSA) is 55.1 Å². The first-order valence-electron chi connectivity index (χ1n) is 6.28. The van der Waals surface area contributed by atoms with Gasteiger partial charge in [0.25, 0.3) is 0 Å². The third-order valence-electron chi connectivity index (χ3n) is 3.84. The fourth-order valence-corrected chi connectivity index (χ4v) is 3.17. The Morgan fingerprint density at radius 2 is 2.10 bits per heavy atom. The third-order valence-corrected chi connectivity index (χ3v) is 4.42. The van der Waals surface area contributed by atoms with Gasteiger partial charge in [-0.25, -0.2) is 9.07 Å². The van der Waals surface area contributed by atoms with Gasteiger partial charge in [-0.3, -0.25) is 4.79 Å². The van der Waals surface area contributed by atoms with Crippen LogP contribution in [0, 0.1) is 5.82 Å². The minimum absolute atomic E-state index is 0.305. The van der Waals surface area contributed by atoms with E-state index in [1.165, 1.54) is 10.7 Å². The van der Waals surface area contributed by atoms with Gasteiger partial charge in [-0.2, -0.15) is 5.10 Å². The molecular formula is C14H12BrFN2O2. The van der Waals surface area contributed by atoms with E-state index >= 15 is 0 Å². The zero-order valence-corrected chi connectivity index (χ0v) is 12.1. The van der Waals surface area contributed by atoms with Crippen LogP contribution in [-0.4, -0.2) is 20.9 Å². The van der Waals surface area contributed by atoms with Crippen LogP contribution >= 0.6 is 15.9 Å². The largest absolute Gasteiger partial charge is 0.481 e. The van der Waals surface area contributed by atoms with Crippen LogP contribution in [0.15, 0.2) is 34.9 Å². The number of halogens is 2. The molecule has 2 aromatic rings. The van der Waals surface area contributed by atoms with Crippen LogP contribution in [0.4, 0.5) is 4.39 Å². The molecule has 1 saturated carbocycles. The number of hydrogen-bond donors (Lipinski definition) is 1. The number of hydrogen-bond acceptors (Lipinski definition) is 2. The molecule has 1 fully saturated rings. The molecular weight excluding hydrogens is 327 g/mol. The Morgan fingerprint density at radius 1 is 1.40 bits per heavy atom. The summed E-state index contributed by atoms with van der Waals surface area (Å²) >= 11 is 3.35. The highest BCUT2D eigenvalue weighted by Gasteiger charge is 2.49. The lowest BCUT2D eigenvalue weighted by atomic mass is 9.67. The molecule has 4 nitrogen and oxygen atoms in total. The minimum Gasteiger partial charge on any atom is -0.481 e. The van der Waals surface area contributed by atoms with Gasteiger partial charge in [0.1, 0.15) is 16.9 Å². The normalized spacial score (nSPS) is 16.7. The zero-order valence-electron chi connectivity index (χ0n) is 10.5. The summed E-state index contributed by atoms with van der Waals surface area (Å²) in [6.07, 6.45) is 3.60. The SMILES string of the molecule is O=C(O)C1(c2nn(-c3ccccc3F)cc2Br)CCC1. The maximum Gasteiger partial charge on any atom is 0.315 e. The second-order valence-electron chi connectivity index (χ2n) is 4.96. The van der Waals surface area contributed by atoms with Crippen molar-refractivity contribution in [3.05, 3.63) is 46.4 Å². The molecule has 0 radical (unpaired) electrons. The van der Waals surface area contributed by atoms with Crippen LogP contribution in [0.2, 0.25) is 0 Å². The third kappa shape index (κ3) is 1.86. The van der Waals surface area contributed by atoms with Crippen LogP contribution in [0.25, 0.3) is 5.69 Å². The summed E-state index contributed by atoms with van der Waals surface area (Å²) < 4.78 is 15.8. The van der Waals surface area contributed by atoms with Gasteiger partial charge in [0, 0.05) is 6.20 Å². The first-order chi connectivity index (χ1) is 9.54. The van der Waals surface area contributed by atoms with Crippen LogP contribution in [0.1, 0.15) is 25.0 Å². The first kappa shape index (κ1) is 13.3. The van der Waals surface area contributed by atoms with E-state index in [0.717, 1.165) is 6.42 Å². The number of carbonyl (C=O) groups is 1. The lowest BCUT2D eigenvalue weighted by Gasteiger charge is -2.36. The Morgan fingerprint density at radius 3 is 2.65 bits per heavy atom. The molecule has 1 aliphatic rings. The molecule has 104 valence electrons. The van der Waals surface area contributed by atoms with E-state index in [2.05, 4.69) is 21.0 Å². The molecule has 1 aliphatic carbocycles. The van der Waals surface area contributed by atoms with Crippen molar-refractivity contribution < 1.29 is 14.3 Å². The number of aliphatic carboxylic acids is 1. The highest BCUT2D eigenvalue weighted by molar-refractivity contribution is 9.10. The van der Waals surface area contributed by atoms with E-state index in [9.17, 15) is 14.3 Å². The molecule has 0 bridgehead atoms. The molecule has 1 aromatic heterocycles. The number of carboxylic acid groups (broad SMARTS) is 1. The fraction of sp³-hybridized carbons (Fsp3) is 0.286. The summed E-state index contributed by atoms with van der Waals surface area (Å²) in [4.78, 5) is 11.5. The highest BCUT2D eigenvalue weighted by Crippen LogP contribution is 2.46. The Hall–Kier alpha value is -1.69. The molecule has 0 saturated heterocycles. The molecule has 0 amide bonds. The van der Waals surface area contributed by atoms with Crippen LogP contribution in [-0.2, 0) is 10.2 Å². The molecule has 1 N–H and O–H groups in total. The Balaban J connectivity index is 2.09. The molecule has 0 atom stereocenters. The van der Waals surface area contributed by atoms with Gasteiger partial charge in [0.05, 0.1) is 10.2 Å². The lowest BCUT2D eigenvalue weighted by molar-refractivity contribution is -0.147. The van der Waals surface area contributed by atoms with Crippen molar-refractivity contribution in [3.8, 4) is 5.69 Å². The number of nitrogens with zero attached hydrogens (tertiary/aromatic N) is 2. The maximum absolute atomic E-state index is 13.8. The summed E-state index contributed by atoms with van der Waals surface area (Å²) in [6.45, 7) is 0. The predicted molar refractivity (Wildman–Crippen MR) is 74.4 cm³/mol. The zero-order chi connectivity index (χ0) is 14.3. The first-order valence-corrected chi connectivity index (χ1v) is 7.08. The quantitative estimate of drug-likeness (QED) is 0.934. The summed E-state index contributed by atoms with van der Waals surface area (Å²) in [5, 5.41) is 13.8. The van der Waals surface area contributed by atoms with Crippen molar-refractivity contribution in [1.82, 2.24) is 9.78 Å². The van der Waals surface area contributed by atoms with Crippen molar-refractivity contribution in [2.75, 3.05) is 0 Å². The highest BCUT2D eigenvalue weighted by atomic mass is 79.9. The lowest BCUT2D eigenvalue weighted by Crippen LogP contribution is -2.43. The average Bonchev–Trinajstić information content (AvgIpc) is 2.70. The Labute approximate surface area is 123 Å². The molecule has 1 aromatic carbocycles. The van der Waals surface area contributed by atoms with Crippen molar-refractivity contribution in [3.63, 3.8) is 0 Å². The number of aromatic nitrogens is 2. The predicted octanol–water partition coefficient (Wildman–Crippen LogP) is 3.28. The van der Waals surface area contributed by atoms with Crippen molar-refractivity contribution >= 4 is 21.9 Å². The second-order valence-corrected chi connectivity index (χ2v) is 5.82. The van der Waals surface area contributed by atoms with Crippen molar-refractivity contribution in [2.45, 2.75) is 24.7 Å². The van der Waals surface area contributed by atoms with Gasteiger partial charge in [-0.15, -0.1) is 0 Å². The van der Waals surface area contributed by atoms with E-state index < -0.39 is 17.2 Å². The Bertz CT molecular complexity index is 680. The van der Waals surface area contributed by atoms with Gasteiger partial charge in [-0.1, -0.05) is 18.6 Å². The number of carboxylic acids is 1. The van der Waals surface area contributed by atoms with Crippen molar-refractivity contribution in [1.29, 1.82) is 0 Å². The molecule has 0 unspecified atom stereocenters. The smallest absolute Gasteiger partial charge is 0.315 e. The number of benzene rings is 1. The Kier molecular flexibility index (Phi) is 3.12. The van der Waals surface area contributed by atoms with Crippen molar-refractivity contribution in [2.24, 2.45) is 0 Å². The van der Waals surface area contributed by atoms with Crippen LogP contribution < -0.4 is 0 Å². The maximum atomic E-state index is 13.8. The average molecular weight is 339 g/mol. The molecule has 0 aliphatic heterocycles. The van der Waals surface area contributed by atoms with E-state index in [0.29, 0.717) is 28.7 Å². The van der Waals surface area contributed by atoms with Gasteiger partial charge >= 0.3 is 5.97 Å². The second kappa shape index (κ2) is 4.70. The van der Waals surface area contributed by atoms with E-state index in [1.54, 1.807) is 24.4 Å². The monoisotopic (exact) mass is 338 g/mol. The number of para-hydroxylation sites is 1. The minimum atomic E-state index is -0.935. The summed E-state index contributed by atoms with van der Waals surface area (Å²) in [7, 11) is 0. The molecule has 3 rings (SSSR count). The van der Waals surface area contributed by atoms with Gasteiger partial charge in [0.15, 0.2) is 0 Å². The summed E-state index contributed by atoms with van der Waals surface area (Å²) in [5.41, 5.74) is -0.158. The molecule has 0 spiro atoms. The molecule has 20 heavy (non-hydrogen) atoms. The standard InChI is InChI=1S/C14H12BrFN2O2/c15-9-8-18(11-5-2-1-4-10(11)16)17-12(9)14(13(19)20)6-3-7-14/h1-2,4-5,8H,3,6-7H2,(H,19,20). The number of rotatable bonds is 3. The van der Waals surface area contributed by atoms with Crippen LogP contribution in [0.3, 0.4) is 0 Å². The van der Waals surface area contributed by atoms with Crippen LogP contribution in [0.5, 0.6) is 0 Å². The van der Waals surface area contributed by atoms with E-state index in [4.69, 9.17) is 0 Å². The fourth-order valence-electron chi connectivity index (χ4n) is 2.52. The summed E-state index contributed by atoms with van der Waals surface area (Å²) in [5.74, 6) is -1.27. The van der Waals surface area contributed by atoms with Gasteiger partial charge in [-0.05, 0) is 40.9 Å².